The highest BCUT2D eigenvalue weighted by Crippen LogP contribution is 2.15. The minimum absolute atomic E-state index is 0.241. The molecular weight excluding hydrogens is 162 g/mol. The summed E-state index contributed by atoms with van der Waals surface area (Å²) in [6.07, 6.45) is 0.0267. The van der Waals surface area contributed by atoms with Crippen molar-refractivity contribution in [3.63, 3.8) is 0 Å². The van der Waals surface area contributed by atoms with E-state index < -0.39 is 11.6 Å². The van der Waals surface area contributed by atoms with Gasteiger partial charge in [-0.05, 0) is 13.8 Å². The first-order valence-electron chi connectivity index (χ1n) is 3.30. The van der Waals surface area contributed by atoms with E-state index in [4.69, 9.17) is 9.52 Å². The molecular formula is C6H9N3O3. The summed E-state index contributed by atoms with van der Waals surface area (Å²) < 4.78 is 4.85. The number of nitrogens with zero attached hydrogens (tertiary/aromatic N) is 2. The molecule has 1 aromatic rings. The maximum absolute atomic E-state index is 10.3. The molecule has 0 aliphatic rings. The van der Waals surface area contributed by atoms with Crippen LogP contribution in [0.25, 0.3) is 0 Å². The lowest BCUT2D eigenvalue weighted by molar-refractivity contribution is 0.176. The fraction of sp³-hybridized carbons (Fsp3) is 0.500. The smallest absolute Gasteiger partial charge is 0.405 e. The number of nitrogens with one attached hydrogen (secondary N) is 1. The second-order valence-electron chi connectivity index (χ2n) is 2.80. The zero-order valence-corrected chi connectivity index (χ0v) is 6.74. The minimum atomic E-state index is -1.13. The van der Waals surface area contributed by atoms with Crippen molar-refractivity contribution in [1.82, 2.24) is 15.5 Å². The highest BCUT2D eigenvalue weighted by Gasteiger charge is 2.27. The van der Waals surface area contributed by atoms with Crippen molar-refractivity contribution >= 4 is 6.09 Å². The van der Waals surface area contributed by atoms with Gasteiger partial charge in [0.2, 0.25) is 12.3 Å². The van der Waals surface area contributed by atoms with Gasteiger partial charge in [-0.3, -0.25) is 0 Å². The van der Waals surface area contributed by atoms with Gasteiger partial charge in [-0.25, -0.2) is 4.79 Å². The van der Waals surface area contributed by atoms with E-state index in [1.807, 2.05) is 0 Å². The SMILES string of the molecule is CC(C)(NC(=O)O)c1nnco1. The van der Waals surface area contributed by atoms with Crippen molar-refractivity contribution in [2.45, 2.75) is 19.4 Å². The topological polar surface area (TPSA) is 88.2 Å². The third kappa shape index (κ3) is 1.71. The van der Waals surface area contributed by atoms with Gasteiger partial charge in [-0.15, -0.1) is 10.2 Å². The van der Waals surface area contributed by atoms with Crippen LogP contribution in [-0.4, -0.2) is 21.4 Å². The average molecular weight is 171 g/mol. The summed E-state index contributed by atoms with van der Waals surface area (Å²) in [5.74, 6) is 0.241. The van der Waals surface area contributed by atoms with Gasteiger partial charge >= 0.3 is 6.09 Å². The van der Waals surface area contributed by atoms with Crippen LogP contribution in [0, 0.1) is 0 Å². The van der Waals surface area contributed by atoms with E-state index in [0.717, 1.165) is 6.39 Å². The van der Waals surface area contributed by atoms with E-state index in [2.05, 4.69) is 15.5 Å². The number of rotatable bonds is 2. The first-order valence-corrected chi connectivity index (χ1v) is 3.30. The average Bonchev–Trinajstić information content (AvgIpc) is 2.32. The van der Waals surface area contributed by atoms with Crippen LogP contribution in [0.4, 0.5) is 4.79 Å². The number of hydrogen-bond acceptors (Lipinski definition) is 4. The molecule has 6 nitrogen and oxygen atoms in total. The minimum Gasteiger partial charge on any atom is -0.465 e. The van der Waals surface area contributed by atoms with Crippen LogP contribution < -0.4 is 5.32 Å². The van der Waals surface area contributed by atoms with Crippen molar-refractivity contribution in [3.8, 4) is 0 Å². The molecule has 6 heteroatoms. The second kappa shape index (κ2) is 2.80. The first-order chi connectivity index (χ1) is 5.52. The van der Waals surface area contributed by atoms with Crippen LogP contribution in [0.3, 0.4) is 0 Å². The van der Waals surface area contributed by atoms with Crippen LogP contribution in [0.2, 0.25) is 0 Å². The third-order valence-electron chi connectivity index (χ3n) is 1.31. The summed E-state index contributed by atoms with van der Waals surface area (Å²) >= 11 is 0. The fourth-order valence-electron chi connectivity index (χ4n) is 0.766. The van der Waals surface area contributed by atoms with Crippen LogP contribution in [0.1, 0.15) is 19.7 Å². The zero-order chi connectivity index (χ0) is 9.19. The van der Waals surface area contributed by atoms with Gasteiger partial charge in [0.25, 0.3) is 0 Å². The second-order valence-corrected chi connectivity index (χ2v) is 2.80. The Labute approximate surface area is 68.6 Å². The summed E-state index contributed by atoms with van der Waals surface area (Å²) in [7, 11) is 0. The molecule has 0 saturated heterocycles. The molecule has 0 spiro atoms. The van der Waals surface area contributed by atoms with Crippen molar-refractivity contribution < 1.29 is 14.3 Å². The molecule has 2 N–H and O–H groups in total. The van der Waals surface area contributed by atoms with E-state index in [9.17, 15) is 4.79 Å². The lowest BCUT2D eigenvalue weighted by Gasteiger charge is -2.19. The molecule has 0 aromatic carbocycles. The molecule has 0 aliphatic carbocycles. The van der Waals surface area contributed by atoms with Gasteiger partial charge < -0.3 is 14.8 Å². The quantitative estimate of drug-likeness (QED) is 0.679. The third-order valence-corrected chi connectivity index (χ3v) is 1.31. The summed E-state index contributed by atoms with van der Waals surface area (Å²) in [6, 6.07) is 0. The van der Waals surface area contributed by atoms with Gasteiger partial charge in [0.05, 0.1) is 0 Å². The number of carbonyl (C=O) groups is 1. The van der Waals surface area contributed by atoms with E-state index in [1.165, 1.54) is 0 Å². The van der Waals surface area contributed by atoms with Gasteiger partial charge in [0.15, 0.2) is 0 Å². The zero-order valence-electron chi connectivity index (χ0n) is 6.74. The maximum atomic E-state index is 10.3. The van der Waals surface area contributed by atoms with E-state index in [-0.39, 0.29) is 5.89 Å². The molecule has 0 unspecified atom stereocenters. The Bertz CT molecular complexity index is 268. The lowest BCUT2D eigenvalue weighted by Crippen LogP contribution is -2.40. The molecule has 0 aliphatic heterocycles. The van der Waals surface area contributed by atoms with E-state index in [1.54, 1.807) is 13.8 Å². The van der Waals surface area contributed by atoms with Crippen LogP contribution in [0.15, 0.2) is 10.8 Å². The molecule has 1 heterocycles. The Morgan fingerprint density at radius 1 is 1.75 bits per heavy atom. The highest BCUT2D eigenvalue weighted by atomic mass is 16.4. The largest absolute Gasteiger partial charge is 0.465 e. The molecule has 0 radical (unpaired) electrons. The maximum Gasteiger partial charge on any atom is 0.405 e. The van der Waals surface area contributed by atoms with Crippen molar-refractivity contribution in [3.05, 3.63) is 12.3 Å². The Morgan fingerprint density at radius 3 is 2.83 bits per heavy atom. The Hall–Kier alpha value is -1.59. The van der Waals surface area contributed by atoms with Gasteiger partial charge in [-0.1, -0.05) is 0 Å². The molecule has 1 amide bonds. The van der Waals surface area contributed by atoms with Crippen LogP contribution >= 0.6 is 0 Å². The molecule has 0 saturated carbocycles. The summed E-state index contributed by atoms with van der Waals surface area (Å²) in [4.78, 5) is 10.3. The highest BCUT2D eigenvalue weighted by molar-refractivity contribution is 5.65. The molecule has 66 valence electrons. The molecule has 0 atom stereocenters. The molecule has 0 bridgehead atoms. The Balaban J connectivity index is 2.79. The monoisotopic (exact) mass is 171 g/mol. The van der Waals surface area contributed by atoms with Crippen molar-refractivity contribution in [2.24, 2.45) is 0 Å². The van der Waals surface area contributed by atoms with Gasteiger partial charge in [-0.2, -0.15) is 0 Å². The number of carboxylic acid groups (broad SMARTS) is 1. The van der Waals surface area contributed by atoms with Crippen LogP contribution in [-0.2, 0) is 5.54 Å². The molecule has 12 heavy (non-hydrogen) atoms. The van der Waals surface area contributed by atoms with Crippen molar-refractivity contribution in [2.75, 3.05) is 0 Å². The predicted molar refractivity (Wildman–Crippen MR) is 38.5 cm³/mol. The van der Waals surface area contributed by atoms with Gasteiger partial charge in [0, 0.05) is 0 Å². The van der Waals surface area contributed by atoms with E-state index >= 15 is 0 Å². The lowest BCUT2D eigenvalue weighted by atomic mass is 10.1. The molecule has 0 fully saturated rings. The molecule has 1 rings (SSSR count). The Morgan fingerprint density at radius 2 is 2.42 bits per heavy atom. The fourth-order valence-corrected chi connectivity index (χ4v) is 0.766. The Kier molecular flexibility index (Phi) is 1.99. The normalized spacial score (nSPS) is 11.2. The number of aromatic nitrogens is 2. The van der Waals surface area contributed by atoms with Gasteiger partial charge in [0.1, 0.15) is 5.54 Å². The number of amides is 1. The van der Waals surface area contributed by atoms with Crippen molar-refractivity contribution in [1.29, 1.82) is 0 Å². The van der Waals surface area contributed by atoms with Crippen LogP contribution in [0.5, 0.6) is 0 Å². The van der Waals surface area contributed by atoms with E-state index in [0.29, 0.717) is 0 Å². The molecule has 1 aromatic heterocycles. The summed E-state index contributed by atoms with van der Waals surface area (Å²) in [6.45, 7) is 3.27. The summed E-state index contributed by atoms with van der Waals surface area (Å²) in [5.41, 5.74) is -0.845. The predicted octanol–water partition coefficient (Wildman–Crippen LogP) is 0.572. The number of hydrogen-bond donors (Lipinski definition) is 2. The first kappa shape index (κ1) is 8.51. The summed E-state index contributed by atoms with van der Waals surface area (Å²) in [5, 5.41) is 17.7. The standard InChI is InChI=1S/C6H9N3O3/c1-6(2,8-5(10)11)4-9-7-3-12-4/h3,8H,1-2H3,(H,10,11).